The number of nitrogens with zero attached hydrogens (tertiary/aromatic N) is 3. The van der Waals surface area contributed by atoms with Crippen LogP contribution in [0.2, 0.25) is 0 Å². The molecule has 2 aromatic carbocycles. The predicted molar refractivity (Wildman–Crippen MR) is 141 cm³/mol. The minimum absolute atomic E-state index is 0.124. The van der Waals surface area contributed by atoms with E-state index in [1.807, 2.05) is 30.3 Å². The molecule has 2 atom stereocenters. The van der Waals surface area contributed by atoms with Crippen LogP contribution in [0.5, 0.6) is 11.5 Å². The van der Waals surface area contributed by atoms with Gasteiger partial charge in [0.2, 0.25) is 0 Å². The van der Waals surface area contributed by atoms with Gasteiger partial charge >= 0.3 is 0 Å². The molecule has 0 bridgehead atoms. The number of halogens is 2. The molecule has 0 aliphatic heterocycles. The van der Waals surface area contributed by atoms with Gasteiger partial charge in [-0.2, -0.15) is 0 Å². The van der Waals surface area contributed by atoms with Crippen molar-refractivity contribution in [3.63, 3.8) is 0 Å². The molecule has 2 N–H and O–H groups in total. The van der Waals surface area contributed by atoms with Gasteiger partial charge in [0.05, 0.1) is 29.5 Å². The van der Waals surface area contributed by atoms with Gasteiger partial charge in [-0.3, -0.25) is 0 Å². The highest BCUT2D eigenvalue weighted by molar-refractivity contribution is 14.1. The summed E-state index contributed by atoms with van der Waals surface area (Å²) in [5.41, 5.74) is 2.59. The number of aromatic nitrogens is 3. The molecule has 1 heterocycles. The molecule has 3 rings (SSSR count). The Labute approximate surface area is 219 Å². The topological polar surface area (TPSA) is 89.6 Å². The third-order valence-electron chi connectivity index (χ3n) is 5.60. The molecular formula is C25H31ClIN3O4. The van der Waals surface area contributed by atoms with Gasteiger partial charge in [-0.15, -0.1) is 16.7 Å². The number of hydrogen-bond donors (Lipinski definition) is 2. The van der Waals surface area contributed by atoms with E-state index in [1.165, 1.54) is 10.2 Å². The molecule has 34 heavy (non-hydrogen) atoms. The second-order valence-electron chi connectivity index (χ2n) is 8.92. The average Bonchev–Trinajstić information content (AvgIpc) is 3.29. The monoisotopic (exact) mass is 599 g/mol. The van der Waals surface area contributed by atoms with Crippen LogP contribution in [0.15, 0.2) is 48.7 Å². The van der Waals surface area contributed by atoms with E-state index in [0.29, 0.717) is 29.8 Å². The van der Waals surface area contributed by atoms with E-state index in [0.717, 1.165) is 14.9 Å². The second-order valence-corrected chi connectivity index (χ2v) is 10.4. The summed E-state index contributed by atoms with van der Waals surface area (Å²) in [7, 11) is 0. The number of alkyl halides is 1. The van der Waals surface area contributed by atoms with Crippen LogP contribution in [0.1, 0.15) is 37.6 Å². The summed E-state index contributed by atoms with van der Waals surface area (Å²) in [6, 6.07) is 14.2. The van der Waals surface area contributed by atoms with Gasteiger partial charge in [0.15, 0.2) is 0 Å². The van der Waals surface area contributed by atoms with Gasteiger partial charge in [0, 0.05) is 17.2 Å². The molecule has 0 saturated carbocycles. The van der Waals surface area contributed by atoms with Crippen molar-refractivity contribution in [2.24, 2.45) is 5.92 Å². The van der Waals surface area contributed by atoms with Crippen molar-refractivity contribution in [1.29, 1.82) is 0 Å². The highest BCUT2D eigenvalue weighted by atomic mass is 127. The van der Waals surface area contributed by atoms with Gasteiger partial charge < -0.3 is 19.7 Å². The molecule has 7 nitrogen and oxygen atoms in total. The molecule has 0 saturated heterocycles. The lowest BCUT2D eigenvalue weighted by Gasteiger charge is -2.27. The molecule has 3 aromatic rings. The zero-order valence-corrected chi connectivity index (χ0v) is 22.5. The Balaban J connectivity index is 1.59. The van der Waals surface area contributed by atoms with Crippen LogP contribution in [0, 0.1) is 9.49 Å². The van der Waals surface area contributed by atoms with E-state index >= 15 is 0 Å². The maximum atomic E-state index is 10.2. The minimum atomic E-state index is -0.750. The minimum Gasteiger partial charge on any atom is -0.492 e. The highest BCUT2D eigenvalue weighted by Crippen LogP contribution is 2.35. The van der Waals surface area contributed by atoms with Gasteiger partial charge in [0.1, 0.15) is 29.9 Å². The Hall–Kier alpha value is -1.88. The zero-order valence-electron chi connectivity index (χ0n) is 19.6. The summed E-state index contributed by atoms with van der Waals surface area (Å²) in [6.07, 6.45) is 0.847. The first-order valence-corrected chi connectivity index (χ1v) is 12.7. The van der Waals surface area contributed by atoms with Crippen LogP contribution in [-0.2, 0) is 18.6 Å². The standard InChI is InChI=1S/C25H31ClIN3O4/c1-17(11-26)15-34-24-9-6-19(10-23(24)27)25(2,3)18-4-7-22(8-5-18)33-16-21(32)13-30-12-20(14-31)28-29-30/h4-10,12,17,21,31-32H,11,13-16H2,1-3H3/t17-,21-/m1/s1. The third-order valence-corrected chi connectivity index (χ3v) is 6.97. The second kappa shape index (κ2) is 12.2. The lowest BCUT2D eigenvalue weighted by Crippen LogP contribution is -2.24. The van der Waals surface area contributed by atoms with Crippen molar-refractivity contribution in [3.8, 4) is 11.5 Å². The Morgan fingerprint density at radius 1 is 1.09 bits per heavy atom. The summed E-state index contributed by atoms with van der Waals surface area (Å²) >= 11 is 8.19. The number of hydrogen-bond acceptors (Lipinski definition) is 6. The smallest absolute Gasteiger partial charge is 0.132 e. The number of aliphatic hydroxyl groups is 2. The lowest BCUT2D eigenvalue weighted by molar-refractivity contribution is 0.0888. The zero-order chi connectivity index (χ0) is 24.7. The van der Waals surface area contributed by atoms with Crippen LogP contribution in [0.25, 0.3) is 0 Å². The number of ether oxygens (including phenoxy) is 2. The first-order chi connectivity index (χ1) is 16.2. The Morgan fingerprint density at radius 2 is 1.79 bits per heavy atom. The molecule has 0 aliphatic carbocycles. The molecule has 0 fully saturated rings. The van der Waals surface area contributed by atoms with Gasteiger partial charge in [-0.25, -0.2) is 4.68 Å². The first kappa shape index (κ1) is 26.7. The normalized spacial score (nSPS) is 13.5. The van der Waals surface area contributed by atoms with Crippen molar-refractivity contribution in [3.05, 3.63) is 69.1 Å². The molecule has 1 aromatic heterocycles. The van der Waals surface area contributed by atoms with Gasteiger partial charge in [-0.1, -0.05) is 44.2 Å². The third kappa shape index (κ3) is 7.07. The van der Waals surface area contributed by atoms with Crippen LogP contribution < -0.4 is 9.47 Å². The summed E-state index contributed by atoms with van der Waals surface area (Å²) in [6.45, 7) is 7.22. The quantitative estimate of drug-likeness (QED) is 0.237. The van der Waals surface area contributed by atoms with Crippen LogP contribution in [0.3, 0.4) is 0 Å². The van der Waals surface area contributed by atoms with E-state index in [2.05, 4.69) is 65.8 Å². The molecular weight excluding hydrogens is 569 g/mol. The predicted octanol–water partition coefficient (Wildman–Crippen LogP) is 4.39. The Morgan fingerprint density at radius 3 is 2.41 bits per heavy atom. The number of benzene rings is 2. The van der Waals surface area contributed by atoms with Crippen molar-refractivity contribution in [2.45, 2.75) is 45.4 Å². The van der Waals surface area contributed by atoms with Crippen molar-refractivity contribution in [2.75, 3.05) is 19.1 Å². The largest absolute Gasteiger partial charge is 0.492 e. The van der Waals surface area contributed by atoms with Crippen molar-refractivity contribution >= 4 is 34.2 Å². The van der Waals surface area contributed by atoms with E-state index < -0.39 is 6.10 Å². The van der Waals surface area contributed by atoms with Crippen LogP contribution >= 0.6 is 34.2 Å². The lowest BCUT2D eigenvalue weighted by atomic mass is 9.78. The van der Waals surface area contributed by atoms with Gasteiger partial charge in [0.25, 0.3) is 0 Å². The molecule has 184 valence electrons. The van der Waals surface area contributed by atoms with E-state index in [4.69, 9.17) is 26.2 Å². The highest BCUT2D eigenvalue weighted by Gasteiger charge is 2.24. The summed E-state index contributed by atoms with van der Waals surface area (Å²) in [5.74, 6) is 2.43. The molecule has 0 radical (unpaired) electrons. The molecule has 0 unspecified atom stereocenters. The van der Waals surface area contributed by atoms with Crippen molar-refractivity contribution < 1.29 is 19.7 Å². The van der Waals surface area contributed by atoms with E-state index in [9.17, 15) is 5.11 Å². The summed E-state index contributed by atoms with van der Waals surface area (Å²) in [4.78, 5) is 0. The van der Waals surface area contributed by atoms with Crippen LogP contribution in [0.4, 0.5) is 0 Å². The average molecular weight is 600 g/mol. The number of aliphatic hydroxyl groups excluding tert-OH is 2. The fourth-order valence-corrected chi connectivity index (χ4v) is 4.14. The molecule has 0 aliphatic rings. The van der Waals surface area contributed by atoms with E-state index in [1.54, 1.807) is 6.20 Å². The maximum absolute atomic E-state index is 10.2. The molecule has 0 spiro atoms. The Bertz CT molecular complexity index is 1060. The Kier molecular flexibility index (Phi) is 9.58. The van der Waals surface area contributed by atoms with Crippen LogP contribution in [-0.4, -0.2) is 50.4 Å². The molecule has 0 amide bonds. The SMILES string of the molecule is C[C@H](CCl)COc1ccc(C(C)(C)c2ccc(OC[C@H](O)Cn3cc(CO)nn3)cc2)cc1I. The van der Waals surface area contributed by atoms with Gasteiger partial charge in [-0.05, 0) is 58.0 Å². The number of rotatable bonds is 12. The van der Waals surface area contributed by atoms with Crippen molar-refractivity contribution in [1.82, 2.24) is 15.0 Å². The fourth-order valence-electron chi connectivity index (χ4n) is 3.38. The van der Waals surface area contributed by atoms with E-state index in [-0.39, 0.29) is 25.2 Å². The fraction of sp³-hybridized carbons (Fsp3) is 0.440. The summed E-state index contributed by atoms with van der Waals surface area (Å²) in [5, 5.41) is 26.9. The molecule has 9 heteroatoms. The summed E-state index contributed by atoms with van der Waals surface area (Å²) < 4.78 is 14.2. The first-order valence-electron chi connectivity index (χ1n) is 11.1. The maximum Gasteiger partial charge on any atom is 0.132 e.